The van der Waals surface area contributed by atoms with Gasteiger partial charge in [0.2, 0.25) is 0 Å². The summed E-state index contributed by atoms with van der Waals surface area (Å²) in [6.45, 7) is 1.14. The van der Waals surface area contributed by atoms with Crippen molar-refractivity contribution >= 4 is 12.4 Å². The molecule has 0 saturated carbocycles. The average Bonchev–Trinajstić information content (AvgIpc) is 2.05. The van der Waals surface area contributed by atoms with Crippen LogP contribution in [0.4, 0.5) is 0 Å². The van der Waals surface area contributed by atoms with Crippen LogP contribution >= 0.6 is 0 Å². The summed E-state index contributed by atoms with van der Waals surface area (Å²) in [7, 11) is 0. The van der Waals surface area contributed by atoms with Gasteiger partial charge in [-0.25, -0.2) is 4.99 Å². The van der Waals surface area contributed by atoms with Crippen LogP contribution in [0.1, 0.15) is 0 Å². The molecule has 2 heterocycles. The fourth-order valence-electron chi connectivity index (χ4n) is 0.868. The van der Waals surface area contributed by atoms with Crippen LogP contribution in [0.3, 0.4) is 0 Å². The molecule has 0 aliphatic carbocycles. The Morgan fingerprint density at radius 1 is 1.60 bits per heavy atom. The van der Waals surface area contributed by atoms with Crippen LogP contribution in [-0.4, -0.2) is 25.7 Å². The molecule has 1 N–H and O–H groups in total. The molecule has 0 aromatic carbocycles. The molecular weight excluding hydrogens is 130 g/mol. The summed E-state index contributed by atoms with van der Waals surface area (Å²) in [4.78, 5) is 8.05. The summed E-state index contributed by atoms with van der Waals surface area (Å²) in [6, 6.07) is 0. The standard InChI is InChI=1S/C6H7N3O/c1-2-10-5-3-7-4-9-6(5)8-1/h1,3,9H,2,4H2. The van der Waals surface area contributed by atoms with Gasteiger partial charge in [-0.2, -0.15) is 0 Å². The van der Waals surface area contributed by atoms with E-state index in [1.807, 2.05) is 0 Å². The predicted molar refractivity (Wildman–Crippen MR) is 38.0 cm³/mol. The van der Waals surface area contributed by atoms with E-state index in [0.717, 1.165) is 11.6 Å². The largest absolute Gasteiger partial charge is 0.482 e. The van der Waals surface area contributed by atoms with Gasteiger partial charge in [0.05, 0.1) is 6.21 Å². The first kappa shape index (κ1) is 5.46. The third-order valence-corrected chi connectivity index (χ3v) is 1.31. The smallest absolute Gasteiger partial charge is 0.179 e. The van der Waals surface area contributed by atoms with Crippen LogP contribution in [0, 0.1) is 0 Å². The van der Waals surface area contributed by atoms with Gasteiger partial charge >= 0.3 is 0 Å². The number of hydrogen-bond donors (Lipinski definition) is 1. The first-order valence-corrected chi connectivity index (χ1v) is 3.10. The summed E-state index contributed by atoms with van der Waals surface area (Å²) in [5.41, 5.74) is 0. The highest BCUT2D eigenvalue weighted by Gasteiger charge is 2.10. The summed E-state index contributed by atoms with van der Waals surface area (Å²) in [5, 5.41) is 2.98. The quantitative estimate of drug-likeness (QED) is 0.506. The molecule has 2 aliphatic heterocycles. The third kappa shape index (κ3) is 0.775. The van der Waals surface area contributed by atoms with Crippen molar-refractivity contribution in [1.82, 2.24) is 5.32 Å². The number of nitrogens with one attached hydrogen (secondary N) is 1. The minimum Gasteiger partial charge on any atom is -0.482 e. The van der Waals surface area contributed by atoms with Crippen LogP contribution in [0.15, 0.2) is 21.6 Å². The number of rotatable bonds is 0. The van der Waals surface area contributed by atoms with Crippen molar-refractivity contribution in [2.75, 3.05) is 13.3 Å². The third-order valence-electron chi connectivity index (χ3n) is 1.31. The SMILES string of the molecule is C1=NCNC2=C1OCC=N2. The van der Waals surface area contributed by atoms with E-state index in [1.165, 1.54) is 0 Å². The van der Waals surface area contributed by atoms with Crippen molar-refractivity contribution in [3.8, 4) is 0 Å². The highest BCUT2D eigenvalue weighted by molar-refractivity contribution is 5.80. The van der Waals surface area contributed by atoms with E-state index in [9.17, 15) is 0 Å². The minimum atomic E-state index is 0.548. The minimum absolute atomic E-state index is 0.548. The molecule has 0 radical (unpaired) electrons. The van der Waals surface area contributed by atoms with Gasteiger partial charge in [-0.15, -0.1) is 0 Å². The molecule has 10 heavy (non-hydrogen) atoms. The lowest BCUT2D eigenvalue weighted by Crippen LogP contribution is -2.23. The van der Waals surface area contributed by atoms with E-state index in [2.05, 4.69) is 15.3 Å². The molecule has 0 amide bonds. The molecule has 0 bridgehead atoms. The molecular formula is C6H7N3O. The second kappa shape index (κ2) is 2.13. The Bertz CT molecular complexity index is 205. The van der Waals surface area contributed by atoms with Crippen molar-refractivity contribution in [1.29, 1.82) is 0 Å². The van der Waals surface area contributed by atoms with Gasteiger partial charge in [-0.3, -0.25) is 4.99 Å². The molecule has 4 nitrogen and oxygen atoms in total. The molecule has 0 saturated heterocycles. The summed E-state index contributed by atoms with van der Waals surface area (Å²) >= 11 is 0. The molecule has 0 spiro atoms. The van der Waals surface area contributed by atoms with Gasteiger partial charge in [-0.1, -0.05) is 0 Å². The van der Waals surface area contributed by atoms with Gasteiger partial charge < -0.3 is 10.1 Å². The van der Waals surface area contributed by atoms with Gasteiger partial charge in [0.25, 0.3) is 0 Å². The van der Waals surface area contributed by atoms with Crippen LogP contribution in [0.5, 0.6) is 0 Å². The molecule has 2 rings (SSSR count). The van der Waals surface area contributed by atoms with Crippen LogP contribution in [0.25, 0.3) is 0 Å². The topological polar surface area (TPSA) is 46.0 Å². The Hall–Kier alpha value is -1.32. The van der Waals surface area contributed by atoms with E-state index in [4.69, 9.17) is 4.74 Å². The zero-order valence-corrected chi connectivity index (χ0v) is 5.37. The molecule has 0 unspecified atom stereocenters. The molecule has 2 aliphatic rings. The van der Waals surface area contributed by atoms with Crippen molar-refractivity contribution < 1.29 is 4.74 Å². The van der Waals surface area contributed by atoms with Crippen LogP contribution in [0.2, 0.25) is 0 Å². The second-order valence-electron chi connectivity index (χ2n) is 1.98. The summed E-state index contributed by atoms with van der Waals surface area (Å²) in [5.74, 6) is 1.54. The molecule has 52 valence electrons. The number of ether oxygens (including phenoxy) is 1. The Labute approximate surface area is 58.3 Å². The lowest BCUT2D eigenvalue weighted by molar-refractivity contribution is 0.271. The Morgan fingerprint density at radius 2 is 2.60 bits per heavy atom. The molecule has 0 atom stereocenters. The van der Waals surface area contributed by atoms with Gasteiger partial charge in [0.15, 0.2) is 11.6 Å². The monoisotopic (exact) mass is 137 g/mol. The Balaban J connectivity index is 2.32. The maximum atomic E-state index is 5.20. The normalized spacial score (nSPS) is 21.6. The number of allylic oxidation sites excluding steroid dienone is 1. The first-order chi connectivity index (χ1) is 4.97. The van der Waals surface area contributed by atoms with E-state index in [-0.39, 0.29) is 0 Å². The fourth-order valence-corrected chi connectivity index (χ4v) is 0.868. The van der Waals surface area contributed by atoms with E-state index in [0.29, 0.717) is 13.3 Å². The summed E-state index contributed by atoms with van der Waals surface area (Å²) < 4.78 is 5.20. The fraction of sp³-hybridized carbons (Fsp3) is 0.333. The van der Waals surface area contributed by atoms with Gasteiger partial charge in [0.1, 0.15) is 13.3 Å². The Kier molecular flexibility index (Phi) is 1.16. The lowest BCUT2D eigenvalue weighted by Gasteiger charge is -2.16. The Morgan fingerprint density at radius 3 is 3.50 bits per heavy atom. The summed E-state index contributed by atoms with van der Waals surface area (Å²) in [6.07, 6.45) is 3.42. The van der Waals surface area contributed by atoms with E-state index in [1.54, 1.807) is 12.4 Å². The average molecular weight is 137 g/mol. The number of aliphatic imine (C=N–C) groups is 2. The number of hydrogen-bond acceptors (Lipinski definition) is 4. The maximum Gasteiger partial charge on any atom is 0.179 e. The van der Waals surface area contributed by atoms with Crippen LogP contribution < -0.4 is 5.32 Å². The van der Waals surface area contributed by atoms with E-state index >= 15 is 0 Å². The highest BCUT2D eigenvalue weighted by atomic mass is 16.5. The van der Waals surface area contributed by atoms with E-state index < -0.39 is 0 Å². The van der Waals surface area contributed by atoms with Crippen molar-refractivity contribution in [2.45, 2.75) is 0 Å². The second-order valence-corrected chi connectivity index (χ2v) is 1.98. The van der Waals surface area contributed by atoms with Crippen molar-refractivity contribution in [3.05, 3.63) is 11.6 Å². The van der Waals surface area contributed by atoms with Crippen LogP contribution in [-0.2, 0) is 4.74 Å². The predicted octanol–water partition coefficient (Wildman–Crippen LogP) is -0.112. The van der Waals surface area contributed by atoms with Crippen molar-refractivity contribution in [2.24, 2.45) is 9.98 Å². The highest BCUT2D eigenvalue weighted by Crippen LogP contribution is 2.08. The maximum absolute atomic E-state index is 5.20. The molecule has 0 fully saturated rings. The molecule has 4 heteroatoms. The zero-order valence-electron chi connectivity index (χ0n) is 5.37. The molecule has 0 aromatic rings. The molecule has 0 aromatic heterocycles. The van der Waals surface area contributed by atoms with Gasteiger partial charge in [-0.05, 0) is 0 Å². The number of nitrogens with zero attached hydrogens (tertiary/aromatic N) is 2. The first-order valence-electron chi connectivity index (χ1n) is 3.10. The lowest BCUT2D eigenvalue weighted by atomic mass is 10.4. The van der Waals surface area contributed by atoms with Crippen molar-refractivity contribution in [3.63, 3.8) is 0 Å². The van der Waals surface area contributed by atoms with Gasteiger partial charge in [0, 0.05) is 6.21 Å². The zero-order chi connectivity index (χ0) is 6.81.